The summed E-state index contributed by atoms with van der Waals surface area (Å²) in [7, 11) is 3.18. The van der Waals surface area contributed by atoms with Crippen molar-refractivity contribution in [3.05, 3.63) is 40.3 Å². The van der Waals surface area contributed by atoms with Gasteiger partial charge in [0, 0.05) is 37.8 Å². The number of morpholine rings is 1. The highest BCUT2D eigenvalue weighted by Crippen LogP contribution is 2.19. The number of methoxy groups -OCH3 is 2. The van der Waals surface area contributed by atoms with E-state index in [2.05, 4.69) is 10.3 Å². The van der Waals surface area contributed by atoms with E-state index >= 15 is 0 Å². The predicted molar refractivity (Wildman–Crippen MR) is 122 cm³/mol. The lowest BCUT2D eigenvalue weighted by Gasteiger charge is -2.34. The fourth-order valence-corrected chi connectivity index (χ4v) is 4.26. The maximum absolute atomic E-state index is 12.9. The molecule has 1 aromatic heterocycles. The monoisotopic (exact) mass is 462 g/mol. The lowest BCUT2D eigenvalue weighted by Crippen LogP contribution is -2.48. The molecule has 9 nitrogen and oxygen atoms in total. The number of urea groups is 1. The van der Waals surface area contributed by atoms with Gasteiger partial charge in [-0.1, -0.05) is 0 Å². The zero-order valence-electron chi connectivity index (χ0n) is 18.9. The topological polar surface area (TPSA) is 93.2 Å². The van der Waals surface area contributed by atoms with Gasteiger partial charge in [-0.2, -0.15) is 0 Å². The molecule has 1 fully saturated rings. The molecule has 0 aliphatic carbocycles. The Morgan fingerprint density at radius 1 is 1.22 bits per heavy atom. The number of amides is 3. The first-order valence-electron chi connectivity index (χ1n) is 10.5. The van der Waals surface area contributed by atoms with Gasteiger partial charge < -0.3 is 29.3 Å². The number of hydrogen-bond donors (Lipinski definition) is 1. The summed E-state index contributed by atoms with van der Waals surface area (Å²) in [6.07, 6.45) is -0.0148. The summed E-state index contributed by atoms with van der Waals surface area (Å²) in [6.45, 7) is 6.05. The molecule has 0 saturated carbocycles. The maximum Gasteiger partial charge on any atom is 0.322 e. The molecule has 0 radical (unpaired) electrons. The van der Waals surface area contributed by atoms with Crippen LogP contribution >= 0.6 is 11.3 Å². The fourth-order valence-electron chi connectivity index (χ4n) is 3.48. The Kier molecular flexibility index (Phi) is 8.43. The number of carbonyl (C=O) groups is 2. The normalized spacial score (nSPS) is 18.3. The molecule has 2 unspecified atom stereocenters. The molecular weight excluding hydrogens is 432 g/mol. The molecule has 174 valence electrons. The third-order valence-corrected chi connectivity index (χ3v) is 5.83. The van der Waals surface area contributed by atoms with Gasteiger partial charge in [-0.15, -0.1) is 11.3 Å². The molecule has 0 bridgehead atoms. The van der Waals surface area contributed by atoms with Crippen LogP contribution < -0.4 is 10.1 Å². The van der Waals surface area contributed by atoms with Crippen LogP contribution in [0.1, 0.15) is 29.3 Å². The Bertz CT molecular complexity index is 894. The van der Waals surface area contributed by atoms with E-state index in [4.69, 9.17) is 14.2 Å². The molecule has 2 heterocycles. The first kappa shape index (κ1) is 24.0. The SMILES string of the molecule is COCCN(Cc1nc(C(=O)N2CC(C)OC(C)C2)cs1)C(=O)Nc1ccc(OC)cc1. The van der Waals surface area contributed by atoms with Gasteiger partial charge >= 0.3 is 6.03 Å². The second-order valence-electron chi connectivity index (χ2n) is 7.67. The number of anilines is 1. The molecule has 1 aromatic carbocycles. The zero-order chi connectivity index (χ0) is 23.1. The molecule has 3 amide bonds. The highest BCUT2D eigenvalue weighted by Gasteiger charge is 2.28. The van der Waals surface area contributed by atoms with Gasteiger partial charge in [0.05, 0.1) is 32.5 Å². The van der Waals surface area contributed by atoms with Crippen molar-refractivity contribution < 1.29 is 23.8 Å². The largest absolute Gasteiger partial charge is 0.497 e. The molecule has 1 saturated heterocycles. The molecule has 32 heavy (non-hydrogen) atoms. The summed E-state index contributed by atoms with van der Waals surface area (Å²) in [5, 5.41) is 5.31. The van der Waals surface area contributed by atoms with E-state index in [0.717, 1.165) is 0 Å². The smallest absolute Gasteiger partial charge is 0.322 e. The van der Waals surface area contributed by atoms with Crippen LogP contribution in [-0.4, -0.2) is 79.4 Å². The van der Waals surface area contributed by atoms with Crippen molar-refractivity contribution in [2.75, 3.05) is 45.8 Å². The van der Waals surface area contributed by atoms with Crippen molar-refractivity contribution in [2.45, 2.75) is 32.6 Å². The van der Waals surface area contributed by atoms with Gasteiger partial charge in [-0.05, 0) is 38.1 Å². The first-order chi connectivity index (χ1) is 15.4. The number of ether oxygens (including phenoxy) is 3. The van der Waals surface area contributed by atoms with Crippen molar-refractivity contribution in [2.24, 2.45) is 0 Å². The van der Waals surface area contributed by atoms with E-state index < -0.39 is 0 Å². The lowest BCUT2D eigenvalue weighted by molar-refractivity contribution is -0.0587. The van der Waals surface area contributed by atoms with Gasteiger partial charge in [0.15, 0.2) is 0 Å². The number of thiazole rings is 1. The standard InChI is InChI=1S/C22H30N4O5S/c1-15-11-26(12-16(2)31-15)21(27)19-14-32-20(24-19)13-25(9-10-29-3)22(28)23-17-5-7-18(30-4)8-6-17/h5-8,14-16H,9-13H2,1-4H3,(H,23,28). The third kappa shape index (κ3) is 6.41. The summed E-state index contributed by atoms with van der Waals surface area (Å²) in [5.74, 6) is 0.601. The van der Waals surface area contributed by atoms with Gasteiger partial charge in [0.25, 0.3) is 5.91 Å². The number of carbonyl (C=O) groups excluding carboxylic acids is 2. The quantitative estimate of drug-likeness (QED) is 0.648. The summed E-state index contributed by atoms with van der Waals surface area (Å²) in [4.78, 5) is 33.6. The molecular formula is C22H30N4O5S. The van der Waals surface area contributed by atoms with Crippen molar-refractivity contribution in [3.63, 3.8) is 0 Å². The van der Waals surface area contributed by atoms with Crippen LogP contribution in [0.3, 0.4) is 0 Å². The van der Waals surface area contributed by atoms with Crippen LogP contribution in [0, 0.1) is 0 Å². The summed E-state index contributed by atoms with van der Waals surface area (Å²) in [6, 6.07) is 6.83. The maximum atomic E-state index is 12.9. The Labute approximate surface area is 192 Å². The van der Waals surface area contributed by atoms with Crippen LogP contribution in [0.2, 0.25) is 0 Å². The second-order valence-corrected chi connectivity index (χ2v) is 8.61. The van der Waals surface area contributed by atoms with Crippen LogP contribution in [0.25, 0.3) is 0 Å². The van der Waals surface area contributed by atoms with E-state index in [0.29, 0.717) is 48.4 Å². The third-order valence-electron chi connectivity index (χ3n) is 5.00. The summed E-state index contributed by atoms with van der Waals surface area (Å²) >= 11 is 1.37. The Hall–Kier alpha value is -2.69. The molecule has 1 aliphatic heterocycles. The molecule has 2 aromatic rings. The molecule has 3 rings (SSSR count). The Balaban J connectivity index is 1.65. The molecule has 1 N–H and O–H groups in total. The van der Waals surface area contributed by atoms with Crippen molar-refractivity contribution in [1.29, 1.82) is 0 Å². The number of nitrogens with zero attached hydrogens (tertiary/aromatic N) is 3. The average molecular weight is 463 g/mol. The molecule has 2 atom stereocenters. The second kappa shape index (κ2) is 11.3. The van der Waals surface area contributed by atoms with E-state index in [-0.39, 0.29) is 30.7 Å². The number of nitrogens with one attached hydrogen (secondary N) is 1. The minimum absolute atomic E-state index is 0.00741. The molecule has 10 heteroatoms. The van der Waals surface area contributed by atoms with Crippen LogP contribution in [-0.2, 0) is 16.0 Å². The van der Waals surface area contributed by atoms with Gasteiger partial charge in [-0.25, -0.2) is 9.78 Å². The van der Waals surface area contributed by atoms with Crippen molar-refractivity contribution in [3.8, 4) is 5.75 Å². The molecule has 1 aliphatic rings. The highest BCUT2D eigenvalue weighted by atomic mass is 32.1. The van der Waals surface area contributed by atoms with Crippen LogP contribution in [0.4, 0.5) is 10.5 Å². The lowest BCUT2D eigenvalue weighted by atomic mass is 10.2. The minimum atomic E-state index is -0.272. The predicted octanol–water partition coefficient (Wildman–Crippen LogP) is 3.08. The number of benzene rings is 1. The van der Waals surface area contributed by atoms with Gasteiger partial charge in [0.2, 0.25) is 0 Å². The van der Waals surface area contributed by atoms with E-state index in [1.54, 1.807) is 53.7 Å². The van der Waals surface area contributed by atoms with Crippen LogP contribution in [0.15, 0.2) is 29.6 Å². The van der Waals surface area contributed by atoms with E-state index in [9.17, 15) is 9.59 Å². The van der Waals surface area contributed by atoms with Crippen molar-refractivity contribution >= 4 is 29.0 Å². The number of aromatic nitrogens is 1. The highest BCUT2D eigenvalue weighted by molar-refractivity contribution is 7.09. The molecule has 0 spiro atoms. The van der Waals surface area contributed by atoms with Gasteiger partial charge in [-0.3, -0.25) is 4.79 Å². The number of hydrogen-bond acceptors (Lipinski definition) is 7. The minimum Gasteiger partial charge on any atom is -0.497 e. The van der Waals surface area contributed by atoms with Crippen LogP contribution in [0.5, 0.6) is 5.75 Å². The first-order valence-corrected chi connectivity index (χ1v) is 11.4. The summed E-state index contributed by atoms with van der Waals surface area (Å²) in [5.41, 5.74) is 1.05. The summed E-state index contributed by atoms with van der Waals surface area (Å²) < 4.78 is 16.0. The fraction of sp³-hybridized carbons (Fsp3) is 0.500. The van der Waals surface area contributed by atoms with Gasteiger partial charge in [0.1, 0.15) is 16.5 Å². The number of rotatable bonds is 8. The average Bonchev–Trinajstić information content (AvgIpc) is 3.24. The Morgan fingerprint density at radius 2 is 1.91 bits per heavy atom. The van der Waals surface area contributed by atoms with Crippen molar-refractivity contribution in [1.82, 2.24) is 14.8 Å². The Morgan fingerprint density at radius 3 is 2.53 bits per heavy atom. The van der Waals surface area contributed by atoms with E-state index in [1.807, 2.05) is 13.8 Å². The van der Waals surface area contributed by atoms with E-state index in [1.165, 1.54) is 11.3 Å². The zero-order valence-corrected chi connectivity index (χ0v) is 19.7.